The van der Waals surface area contributed by atoms with Crippen LogP contribution in [0.1, 0.15) is 29.8 Å². The molecule has 0 amide bonds. The third-order valence-electron chi connectivity index (χ3n) is 5.18. The van der Waals surface area contributed by atoms with Gasteiger partial charge in [0.15, 0.2) is 11.5 Å². The van der Waals surface area contributed by atoms with Crippen molar-refractivity contribution in [2.24, 2.45) is 0 Å². The first kappa shape index (κ1) is 18.5. The van der Waals surface area contributed by atoms with Gasteiger partial charge in [-0.05, 0) is 31.4 Å². The van der Waals surface area contributed by atoms with E-state index in [1.54, 1.807) is 26.4 Å². The topological polar surface area (TPSA) is 67.5 Å². The highest BCUT2D eigenvalue weighted by Crippen LogP contribution is 2.31. The Morgan fingerprint density at radius 2 is 1.75 bits per heavy atom. The second-order valence-corrected chi connectivity index (χ2v) is 7.36. The zero-order valence-corrected chi connectivity index (χ0v) is 16.5. The van der Waals surface area contributed by atoms with Crippen LogP contribution in [-0.2, 0) is 13.1 Å². The molecule has 4 rings (SSSR count). The molecule has 28 heavy (non-hydrogen) atoms. The standard InChI is InChI=1S/C22H25N3O3/c1-14-4-6-15(7-5-14)12-25(16-8-9-16)13-21-23-18-11-20(28-3)19(27-2)10-17(18)22(26)24-21/h4-7,10-11,16H,8-9,12-13H2,1-3H3,(H,23,24,26). The highest BCUT2D eigenvalue weighted by Gasteiger charge is 2.29. The van der Waals surface area contributed by atoms with Gasteiger partial charge in [0, 0.05) is 18.7 Å². The van der Waals surface area contributed by atoms with E-state index in [1.165, 1.54) is 24.0 Å². The summed E-state index contributed by atoms with van der Waals surface area (Å²) in [6.45, 7) is 3.55. The van der Waals surface area contributed by atoms with Crippen molar-refractivity contribution < 1.29 is 9.47 Å². The van der Waals surface area contributed by atoms with Crippen LogP contribution in [-0.4, -0.2) is 35.1 Å². The lowest BCUT2D eigenvalue weighted by molar-refractivity contribution is 0.239. The molecule has 6 heteroatoms. The summed E-state index contributed by atoms with van der Waals surface area (Å²) in [5.41, 5.74) is 2.98. The third-order valence-corrected chi connectivity index (χ3v) is 5.18. The zero-order valence-electron chi connectivity index (χ0n) is 16.5. The quantitative estimate of drug-likeness (QED) is 0.681. The Hall–Kier alpha value is -2.86. The van der Waals surface area contributed by atoms with Crippen LogP contribution in [0.15, 0.2) is 41.2 Å². The van der Waals surface area contributed by atoms with Gasteiger partial charge in [0.25, 0.3) is 5.56 Å². The summed E-state index contributed by atoms with van der Waals surface area (Å²) in [6.07, 6.45) is 2.38. The van der Waals surface area contributed by atoms with Crippen LogP contribution >= 0.6 is 0 Å². The Bertz CT molecular complexity index is 1040. The number of nitrogens with zero attached hydrogens (tertiary/aromatic N) is 2. The highest BCUT2D eigenvalue weighted by molar-refractivity contribution is 5.81. The SMILES string of the molecule is COc1cc2nc(CN(Cc3ccc(C)cc3)C3CC3)[nH]c(=O)c2cc1OC. The number of aromatic amines is 1. The van der Waals surface area contributed by atoms with Crippen LogP contribution < -0.4 is 15.0 Å². The van der Waals surface area contributed by atoms with E-state index in [0.717, 1.165) is 6.54 Å². The molecule has 1 aliphatic carbocycles. The average molecular weight is 379 g/mol. The first-order chi connectivity index (χ1) is 13.6. The van der Waals surface area contributed by atoms with Crippen molar-refractivity contribution in [3.05, 3.63) is 63.7 Å². The minimum atomic E-state index is -0.160. The molecule has 1 aliphatic rings. The molecule has 1 heterocycles. The Morgan fingerprint density at radius 1 is 1.07 bits per heavy atom. The Labute approximate surface area is 164 Å². The van der Waals surface area contributed by atoms with E-state index in [-0.39, 0.29) is 5.56 Å². The zero-order chi connectivity index (χ0) is 19.7. The van der Waals surface area contributed by atoms with Crippen LogP contribution in [0.4, 0.5) is 0 Å². The summed E-state index contributed by atoms with van der Waals surface area (Å²) in [5, 5.41) is 0.498. The third kappa shape index (κ3) is 3.87. The molecule has 1 aromatic heterocycles. The Morgan fingerprint density at radius 3 is 2.39 bits per heavy atom. The molecular formula is C22H25N3O3. The Balaban J connectivity index is 1.63. The van der Waals surface area contributed by atoms with E-state index >= 15 is 0 Å². The van der Waals surface area contributed by atoms with Gasteiger partial charge in [0.2, 0.25) is 0 Å². The monoisotopic (exact) mass is 379 g/mol. The first-order valence-electron chi connectivity index (χ1n) is 9.52. The molecule has 0 unspecified atom stereocenters. The number of rotatable bonds is 7. The number of benzene rings is 2. The summed E-state index contributed by atoms with van der Waals surface area (Å²) < 4.78 is 10.6. The lowest BCUT2D eigenvalue weighted by Crippen LogP contribution is -2.27. The van der Waals surface area contributed by atoms with Crippen LogP contribution in [0, 0.1) is 6.92 Å². The van der Waals surface area contributed by atoms with Crippen LogP contribution in [0.25, 0.3) is 10.9 Å². The van der Waals surface area contributed by atoms with Gasteiger partial charge in [-0.15, -0.1) is 0 Å². The molecule has 3 aromatic rings. The number of methoxy groups -OCH3 is 2. The van der Waals surface area contributed by atoms with Crippen molar-refractivity contribution in [2.45, 2.75) is 38.9 Å². The molecule has 1 fully saturated rings. The van der Waals surface area contributed by atoms with Gasteiger partial charge < -0.3 is 14.5 Å². The number of aryl methyl sites for hydroxylation is 1. The smallest absolute Gasteiger partial charge is 0.258 e. The summed E-state index contributed by atoms with van der Waals surface area (Å²) in [4.78, 5) is 22.6. The van der Waals surface area contributed by atoms with Crippen molar-refractivity contribution in [3.8, 4) is 11.5 Å². The van der Waals surface area contributed by atoms with Gasteiger partial charge in [0.05, 0.1) is 31.7 Å². The highest BCUT2D eigenvalue weighted by atomic mass is 16.5. The molecule has 0 aliphatic heterocycles. The number of H-pyrrole nitrogens is 1. The molecule has 1 N–H and O–H groups in total. The summed E-state index contributed by atoms with van der Waals surface area (Å²) >= 11 is 0. The Kier molecular flexibility index (Phi) is 5.05. The molecule has 2 aromatic carbocycles. The summed E-state index contributed by atoms with van der Waals surface area (Å²) in [5.74, 6) is 1.76. The molecule has 6 nitrogen and oxygen atoms in total. The summed E-state index contributed by atoms with van der Waals surface area (Å²) in [7, 11) is 3.13. The molecule has 1 saturated carbocycles. The first-order valence-corrected chi connectivity index (χ1v) is 9.52. The van der Waals surface area contributed by atoms with E-state index < -0.39 is 0 Å². The number of aromatic nitrogens is 2. The van der Waals surface area contributed by atoms with Crippen molar-refractivity contribution in [3.63, 3.8) is 0 Å². The predicted octanol–water partition coefficient (Wildman–Crippen LogP) is 3.41. The number of hydrogen-bond acceptors (Lipinski definition) is 5. The van der Waals surface area contributed by atoms with Crippen molar-refractivity contribution >= 4 is 10.9 Å². The van der Waals surface area contributed by atoms with E-state index in [0.29, 0.717) is 40.8 Å². The summed E-state index contributed by atoms with van der Waals surface area (Å²) in [6, 6.07) is 12.6. The average Bonchev–Trinajstić information content (AvgIpc) is 3.53. The lowest BCUT2D eigenvalue weighted by Gasteiger charge is -2.21. The minimum Gasteiger partial charge on any atom is -0.493 e. The number of nitrogens with one attached hydrogen (secondary N) is 1. The molecule has 0 radical (unpaired) electrons. The molecule has 0 atom stereocenters. The van der Waals surface area contributed by atoms with Gasteiger partial charge in [-0.2, -0.15) is 0 Å². The molecule has 0 bridgehead atoms. The lowest BCUT2D eigenvalue weighted by atomic mass is 10.1. The maximum Gasteiger partial charge on any atom is 0.258 e. The van der Waals surface area contributed by atoms with E-state index in [9.17, 15) is 4.79 Å². The largest absolute Gasteiger partial charge is 0.493 e. The van der Waals surface area contributed by atoms with Gasteiger partial charge in [-0.3, -0.25) is 9.69 Å². The molecule has 0 saturated heterocycles. The van der Waals surface area contributed by atoms with E-state index in [1.807, 2.05) is 0 Å². The number of hydrogen-bond donors (Lipinski definition) is 1. The second-order valence-electron chi connectivity index (χ2n) is 7.36. The van der Waals surface area contributed by atoms with Crippen molar-refractivity contribution in [1.82, 2.24) is 14.9 Å². The maximum absolute atomic E-state index is 12.6. The van der Waals surface area contributed by atoms with Crippen molar-refractivity contribution in [2.75, 3.05) is 14.2 Å². The van der Waals surface area contributed by atoms with Gasteiger partial charge in [0.1, 0.15) is 5.82 Å². The van der Waals surface area contributed by atoms with E-state index in [2.05, 4.69) is 41.1 Å². The molecular weight excluding hydrogens is 354 g/mol. The maximum atomic E-state index is 12.6. The van der Waals surface area contributed by atoms with Crippen LogP contribution in [0.2, 0.25) is 0 Å². The molecule has 146 valence electrons. The van der Waals surface area contributed by atoms with Gasteiger partial charge in [-0.1, -0.05) is 29.8 Å². The molecule has 0 spiro atoms. The number of fused-ring (bicyclic) bond motifs is 1. The van der Waals surface area contributed by atoms with Gasteiger partial charge in [-0.25, -0.2) is 4.98 Å². The normalized spacial score (nSPS) is 13.9. The fraction of sp³-hybridized carbons (Fsp3) is 0.364. The number of ether oxygens (including phenoxy) is 2. The second kappa shape index (κ2) is 7.64. The minimum absolute atomic E-state index is 0.160. The fourth-order valence-electron chi connectivity index (χ4n) is 3.46. The van der Waals surface area contributed by atoms with Crippen LogP contribution in [0.3, 0.4) is 0 Å². The predicted molar refractivity (Wildman–Crippen MR) is 109 cm³/mol. The van der Waals surface area contributed by atoms with Gasteiger partial charge >= 0.3 is 0 Å². The fourth-order valence-corrected chi connectivity index (χ4v) is 3.46. The van der Waals surface area contributed by atoms with E-state index in [4.69, 9.17) is 14.5 Å². The van der Waals surface area contributed by atoms with Crippen LogP contribution in [0.5, 0.6) is 11.5 Å². The van der Waals surface area contributed by atoms with Crippen molar-refractivity contribution in [1.29, 1.82) is 0 Å².